The third-order valence-electron chi connectivity index (χ3n) is 2.85. The van der Waals surface area contributed by atoms with E-state index in [4.69, 9.17) is 4.74 Å². The molecule has 0 aliphatic carbocycles. The summed E-state index contributed by atoms with van der Waals surface area (Å²) in [6, 6.07) is 6.49. The smallest absolute Gasteiger partial charge is 0.323 e. The Morgan fingerprint density at radius 2 is 1.81 bits per heavy atom. The second-order valence-electron chi connectivity index (χ2n) is 4.67. The van der Waals surface area contributed by atoms with Crippen LogP contribution in [0.4, 0.5) is 17.6 Å². The van der Waals surface area contributed by atoms with Gasteiger partial charge in [0.1, 0.15) is 0 Å². The zero-order valence-electron chi connectivity index (χ0n) is 12.9. The molecule has 112 valence electrons. The number of nitrogens with one attached hydrogen (secondary N) is 2. The Kier molecular flexibility index (Phi) is 4.92. The van der Waals surface area contributed by atoms with Gasteiger partial charge in [-0.05, 0) is 39.3 Å². The van der Waals surface area contributed by atoms with Gasteiger partial charge in [-0.25, -0.2) is 0 Å². The molecule has 6 heteroatoms. The first-order valence-corrected chi connectivity index (χ1v) is 7.09. The number of ether oxygens (including phenoxy) is 1. The molecule has 0 saturated carbocycles. The molecule has 0 fully saturated rings. The Morgan fingerprint density at radius 3 is 2.48 bits per heavy atom. The van der Waals surface area contributed by atoms with E-state index >= 15 is 0 Å². The molecule has 0 unspecified atom stereocenters. The van der Waals surface area contributed by atoms with Crippen LogP contribution in [0.3, 0.4) is 0 Å². The van der Waals surface area contributed by atoms with Crippen molar-refractivity contribution in [2.75, 3.05) is 23.8 Å². The van der Waals surface area contributed by atoms with E-state index in [2.05, 4.69) is 38.6 Å². The van der Waals surface area contributed by atoms with E-state index in [-0.39, 0.29) is 0 Å². The molecule has 1 aromatic carbocycles. The van der Waals surface area contributed by atoms with Crippen molar-refractivity contribution >= 4 is 17.6 Å². The molecule has 0 radical (unpaired) electrons. The lowest BCUT2D eigenvalue weighted by Crippen LogP contribution is -2.09. The highest BCUT2D eigenvalue weighted by atomic mass is 16.5. The van der Waals surface area contributed by atoms with Crippen molar-refractivity contribution in [2.24, 2.45) is 0 Å². The zero-order chi connectivity index (χ0) is 15.2. The topological polar surface area (TPSA) is 72.0 Å². The van der Waals surface area contributed by atoms with E-state index in [0.29, 0.717) is 24.5 Å². The standard InChI is InChI=1S/C15H21N5O/c1-5-16-13-18-14(20-15(19-13)21-6-2)17-12-8-7-10(3)9-11(12)4/h7-9H,5-6H2,1-4H3,(H2,16,17,18,19,20). The van der Waals surface area contributed by atoms with E-state index in [0.717, 1.165) is 17.8 Å². The van der Waals surface area contributed by atoms with Gasteiger partial charge in [0.15, 0.2) is 0 Å². The third-order valence-corrected chi connectivity index (χ3v) is 2.85. The number of rotatable bonds is 6. The summed E-state index contributed by atoms with van der Waals surface area (Å²) in [5.74, 6) is 0.972. The summed E-state index contributed by atoms with van der Waals surface area (Å²) in [5.41, 5.74) is 3.33. The number of hydrogen-bond donors (Lipinski definition) is 2. The maximum Gasteiger partial charge on any atom is 0.323 e. The van der Waals surface area contributed by atoms with Crippen molar-refractivity contribution in [3.63, 3.8) is 0 Å². The Hall–Kier alpha value is -2.37. The molecule has 2 rings (SSSR count). The van der Waals surface area contributed by atoms with E-state index in [1.54, 1.807) is 0 Å². The van der Waals surface area contributed by atoms with Crippen molar-refractivity contribution in [1.29, 1.82) is 0 Å². The van der Waals surface area contributed by atoms with E-state index in [1.165, 1.54) is 5.56 Å². The van der Waals surface area contributed by atoms with Crippen LogP contribution in [0.1, 0.15) is 25.0 Å². The summed E-state index contributed by atoms with van der Waals surface area (Å²) in [4.78, 5) is 12.8. The Labute approximate surface area is 125 Å². The fourth-order valence-electron chi connectivity index (χ4n) is 1.92. The lowest BCUT2D eigenvalue weighted by Gasteiger charge is -2.11. The molecule has 2 aromatic rings. The molecule has 0 spiro atoms. The van der Waals surface area contributed by atoms with Crippen LogP contribution in [0, 0.1) is 13.8 Å². The molecule has 0 aliphatic heterocycles. The molecule has 0 atom stereocenters. The van der Waals surface area contributed by atoms with Gasteiger partial charge in [-0.3, -0.25) is 0 Å². The first-order valence-electron chi connectivity index (χ1n) is 7.09. The molecule has 6 nitrogen and oxygen atoms in total. The van der Waals surface area contributed by atoms with Crippen LogP contribution in [-0.2, 0) is 0 Å². The van der Waals surface area contributed by atoms with Crippen LogP contribution < -0.4 is 15.4 Å². The maximum absolute atomic E-state index is 5.38. The Bertz CT molecular complexity index is 591. The van der Waals surface area contributed by atoms with Crippen LogP contribution in [0.15, 0.2) is 18.2 Å². The first-order chi connectivity index (χ1) is 10.1. The van der Waals surface area contributed by atoms with Crippen LogP contribution in [0.2, 0.25) is 0 Å². The fourth-order valence-corrected chi connectivity index (χ4v) is 1.92. The van der Waals surface area contributed by atoms with Crippen molar-refractivity contribution in [3.05, 3.63) is 29.3 Å². The van der Waals surface area contributed by atoms with E-state index in [1.807, 2.05) is 32.9 Å². The predicted molar refractivity (Wildman–Crippen MR) is 84.4 cm³/mol. The van der Waals surface area contributed by atoms with Crippen LogP contribution >= 0.6 is 0 Å². The summed E-state index contributed by atoms with van der Waals surface area (Å²) in [7, 11) is 0. The highest BCUT2D eigenvalue weighted by Crippen LogP contribution is 2.21. The fraction of sp³-hybridized carbons (Fsp3) is 0.400. The SMILES string of the molecule is CCNc1nc(Nc2ccc(C)cc2C)nc(OCC)n1. The summed E-state index contributed by atoms with van der Waals surface area (Å²) >= 11 is 0. The average Bonchev–Trinajstić information content (AvgIpc) is 2.42. The van der Waals surface area contributed by atoms with Gasteiger partial charge in [0.05, 0.1) is 6.61 Å². The highest BCUT2D eigenvalue weighted by Gasteiger charge is 2.08. The lowest BCUT2D eigenvalue weighted by molar-refractivity contribution is 0.312. The van der Waals surface area contributed by atoms with Crippen molar-refractivity contribution in [1.82, 2.24) is 15.0 Å². The minimum Gasteiger partial charge on any atom is -0.464 e. The molecule has 0 saturated heterocycles. The normalized spacial score (nSPS) is 10.3. The van der Waals surface area contributed by atoms with Crippen molar-refractivity contribution in [2.45, 2.75) is 27.7 Å². The molecule has 0 amide bonds. The van der Waals surface area contributed by atoms with Gasteiger partial charge in [-0.1, -0.05) is 17.7 Å². The maximum atomic E-state index is 5.38. The number of anilines is 3. The van der Waals surface area contributed by atoms with E-state index < -0.39 is 0 Å². The summed E-state index contributed by atoms with van der Waals surface area (Å²) in [6.07, 6.45) is 0. The van der Waals surface area contributed by atoms with Gasteiger partial charge < -0.3 is 15.4 Å². The number of aromatic nitrogens is 3. The highest BCUT2D eigenvalue weighted by molar-refractivity contribution is 5.59. The summed E-state index contributed by atoms with van der Waals surface area (Å²) < 4.78 is 5.38. The second-order valence-corrected chi connectivity index (χ2v) is 4.67. The van der Waals surface area contributed by atoms with E-state index in [9.17, 15) is 0 Å². The predicted octanol–water partition coefficient (Wildman–Crippen LogP) is 3.06. The molecular formula is C15H21N5O. The van der Waals surface area contributed by atoms with Gasteiger partial charge in [0, 0.05) is 12.2 Å². The molecule has 1 aromatic heterocycles. The quantitative estimate of drug-likeness (QED) is 0.850. The van der Waals surface area contributed by atoms with Gasteiger partial charge >= 0.3 is 6.01 Å². The average molecular weight is 287 g/mol. The van der Waals surface area contributed by atoms with Gasteiger partial charge in [0.25, 0.3) is 0 Å². The molecule has 21 heavy (non-hydrogen) atoms. The van der Waals surface area contributed by atoms with Gasteiger partial charge in [-0.2, -0.15) is 15.0 Å². The Balaban J connectivity index is 2.29. The second kappa shape index (κ2) is 6.88. The third kappa shape index (κ3) is 4.05. The monoisotopic (exact) mass is 287 g/mol. The van der Waals surface area contributed by atoms with Gasteiger partial charge in [0.2, 0.25) is 11.9 Å². The minimum atomic E-state index is 0.315. The zero-order valence-corrected chi connectivity index (χ0v) is 12.9. The molecule has 0 bridgehead atoms. The Morgan fingerprint density at radius 1 is 1.05 bits per heavy atom. The van der Waals surface area contributed by atoms with Crippen molar-refractivity contribution in [3.8, 4) is 6.01 Å². The van der Waals surface area contributed by atoms with Crippen LogP contribution in [-0.4, -0.2) is 28.1 Å². The number of hydrogen-bond acceptors (Lipinski definition) is 6. The molecule has 0 aliphatic rings. The summed E-state index contributed by atoms with van der Waals surface area (Å²) in [5, 5.41) is 6.29. The largest absolute Gasteiger partial charge is 0.464 e. The number of aryl methyl sites for hydroxylation is 2. The van der Waals surface area contributed by atoms with Crippen LogP contribution in [0.25, 0.3) is 0 Å². The lowest BCUT2D eigenvalue weighted by atomic mass is 10.1. The number of nitrogens with zero attached hydrogens (tertiary/aromatic N) is 3. The van der Waals surface area contributed by atoms with Crippen LogP contribution in [0.5, 0.6) is 6.01 Å². The minimum absolute atomic E-state index is 0.315. The van der Waals surface area contributed by atoms with Crippen molar-refractivity contribution < 1.29 is 4.74 Å². The molecule has 1 heterocycles. The summed E-state index contributed by atoms with van der Waals surface area (Å²) in [6.45, 7) is 9.24. The molecular weight excluding hydrogens is 266 g/mol. The van der Waals surface area contributed by atoms with Gasteiger partial charge in [-0.15, -0.1) is 0 Å². The molecule has 2 N–H and O–H groups in total. The first kappa shape index (κ1) is 15.0. The number of benzene rings is 1.